The highest BCUT2D eigenvalue weighted by atomic mass is 35.5. The number of carbonyl (C=O) groups is 1. The van der Waals surface area contributed by atoms with E-state index in [4.69, 9.17) is 16.3 Å². The third-order valence-electron chi connectivity index (χ3n) is 3.94. The molecule has 0 aromatic heterocycles. The maximum absolute atomic E-state index is 12.1. The average Bonchev–Trinajstić information content (AvgIpc) is 2.69. The van der Waals surface area contributed by atoms with E-state index in [-0.39, 0.29) is 5.69 Å². The van der Waals surface area contributed by atoms with E-state index in [1.165, 1.54) is 37.3 Å². The zero-order valence-corrected chi connectivity index (χ0v) is 16.3. The van der Waals surface area contributed by atoms with Gasteiger partial charge in [-0.2, -0.15) is 5.10 Å². The number of benzene rings is 2. The Labute approximate surface area is 168 Å². The van der Waals surface area contributed by atoms with Gasteiger partial charge < -0.3 is 4.74 Å². The van der Waals surface area contributed by atoms with Gasteiger partial charge in [-0.05, 0) is 36.8 Å². The van der Waals surface area contributed by atoms with E-state index in [9.17, 15) is 14.9 Å². The van der Waals surface area contributed by atoms with Crippen molar-refractivity contribution < 1.29 is 14.5 Å². The fourth-order valence-electron chi connectivity index (χ4n) is 2.39. The van der Waals surface area contributed by atoms with Gasteiger partial charge in [0.2, 0.25) is 0 Å². The summed E-state index contributed by atoms with van der Waals surface area (Å²) in [6, 6.07) is 10.7. The quantitative estimate of drug-likeness (QED) is 0.262. The van der Waals surface area contributed by atoms with Crippen LogP contribution in [0.1, 0.15) is 48.5 Å². The lowest BCUT2D eigenvalue weighted by Gasteiger charge is -2.06. The number of nitro groups is 1. The molecule has 0 aliphatic carbocycles. The minimum Gasteiger partial charge on any atom is -0.494 e. The first-order valence-electron chi connectivity index (χ1n) is 9.01. The van der Waals surface area contributed by atoms with E-state index in [0.717, 1.165) is 12.8 Å². The number of nitrogens with one attached hydrogen (secondary N) is 1. The Balaban J connectivity index is 1.88. The summed E-state index contributed by atoms with van der Waals surface area (Å²) in [5.41, 5.74) is 3.01. The minimum atomic E-state index is -0.528. The molecule has 0 bridgehead atoms. The maximum Gasteiger partial charge on any atom is 0.271 e. The standard InChI is InChI=1S/C20H22ClN3O4/c1-2-3-4-5-12-28-18-9-6-15(7-10-18)20(25)23-22-14-16-13-17(24(26)27)8-11-19(16)21/h6-11,13-14H,2-5,12H2,1H3,(H,23,25). The van der Waals surface area contributed by atoms with Crippen LogP contribution in [-0.4, -0.2) is 23.7 Å². The molecular formula is C20H22ClN3O4. The van der Waals surface area contributed by atoms with Crippen molar-refractivity contribution in [2.24, 2.45) is 5.10 Å². The van der Waals surface area contributed by atoms with E-state index in [0.29, 0.717) is 28.5 Å². The number of hydrogen-bond donors (Lipinski definition) is 1. The Morgan fingerprint density at radius 3 is 2.64 bits per heavy atom. The number of rotatable bonds is 10. The van der Waals surface area contributed by atoms with Crippen LogP contribution in [0.5, 0.6) is 5.75 Å². The number of non-ortho nitro benzene ring substituents is 1. The van der Waals surface area contributed by atoms with Gasteiger partial charge in [-0.25, -0.2) is 5.43 Å². The van der Waals surface area contributed by atoms with Gasteiger partial charge in [0, 0.05) is 28.3 Å². The molecule has 2 aromatic carbocycles. The molecule has 7 nitrogen and oxygen atoms in total. The highest BCUT2D eigenvalue weighted by Crippen LogP contribution is 2.20. The third-order valence-corrected chi connectivity index (χ3v) is 4.29. The second kappa shape index (κ2) is 11.0. The third kappa shape index (κ3) is 6.66. The van der Waals surface area contributed by atoms with E-state index < -0.39 is 10.8 Å². The summed E-state index contributed by atoms with van der Waals surface area (Å²) < 4.78 is 5.64. The monoisotopic (exact) mass is 403 g/mol. The molecule has 2 aromatic rings. The van der Waals surface area contributed by atoms with E-state index in [2.05, 4.69) is 17.5 Å². The molecule has 0 aliphatic rings. The van der Waals surface area contributed by atoms with Crippen molar-refractivity contribution in [2.45, 2.75) is 32.6 Å². The van der Waals surface area contributed by atoms with Crippen LogP contribution in [0, 0.1) is 10.1 Å². The number of ether oxygens (including phenoxy) is 1. The lowest BCUT2D eigenvalue weighted by atomic mass is 10.2. The molecule has 148 valence electrons. The van der Waals surface area contributed by atoms with Crippen LogP contribution < -0.4 is 10.2 Å². The maximum atomic E-state index is 12.1. The highest BCUT2D eigenvalue weighted by molar-refractivity contribution is 6.33. The van der Waals surface area contributed by atoms with E-state index in [1.54, 1.807) is 24.3 Å². The Morgan fingerprint density at radius 2 is 1.96 bits per heavy atom. The van der Waals surface area contributed by atoms with Crippen molar-refractivity contribution in [1.29, 1.82) is 0 Å². The number of hydrazone groups is 1. The van der Waals surface area contributed by atoms with Crippen molar-refractivity contribution in [3.63, 3.8) is 0 Å². The number of hydrogen-bond acceptors (Lipinski definition) is 5. The first kappa shape index (κ1) is 21.4. The van der Waals surface area contributed by atoms with Crippen LogP contribution in [0.15, 0.2) is 47.6 Å². The molecule has 0 saturated carbocycles. The molecule has 8 heteroatoms. The predicted molar refractivity (Wildman–Crippen MR) is 109 cm³/mol. The SMILES string of the molecule is CCCCCCOc1ccc(C(=O)NN=Cc2cc([N+](=O)[O-])ccc2Cl)cc1. The van der Waals surface area contributed by atoms with Gasteiger partial charge >= 0.3 is 0 Å². The van der Waals surface area contributed by atoms with E-state index >= 15 is 0 Å². The number of carbonyl (C=O) groups excluding carboxylic acids is 1. The number of nitrogens with zero attached hydrogens (tertiary/aromatic N) is 2. The first-order chi connectivity index (χ1) is 13.5. The molecule has 0 radical (unpaired) electrons. The summed E-state index contributed by atoms with van der Waals surface area (Å²) in [6.07, 6.45) is 5.79. The second-order valence-electron chi connectivity index (χ2n) is 6.10. The Bertz CT molecular complexity index is 838. The first-order valence-corrected chi connectivity index (χ1v) is 9.39. The van der Waals surface area contributed by atoms with Gasteiger partial charge in [0.15, 0.2) is 0 Å². The van der Waals surface area contributed by atoms with Crippen LogP contribution >= 0.6 is 11.6 Å². The summed E-state index contributed by atoms with van der Waals surface area (Å²) in [5, 5.41) is 14.9. The molecule has 0 unspecified atom stereocenters. The average molecular weight is 404 g/mol. The number of nitro benzene ring substituents is 1. The normalized spacial score (nSPS) is 10.8. The molecular weight excluding hydrogens is 382 g/mol. The summed E-state index contributed by atoms with van der Waals surface area (Å²) in [6.45, 7) is 2.81. The van der Waals surface area contributed by atoms with Crippen molar-refractivity contribution in [3.05, 3.63) is 68.7 Å². The van der Waals surface area contributed by atoms with Crippen molar-refractivity contribution >= 4 is 29.4 Å². The summed E-state index contributed by atoms with van der Waals surface area (Å²) in [5.74, 6) is 0.298. The van der Waals surface area contributed by atoms with Crippen LogP contribution in [0.4, 0.5) is 5.69 Å². The van der Waals surface area contributed by atoms with Gasteiger partial charge in [-0.3, -0.25) is 14.9 Å². The van der Waals surface area contributed by atoms with Crippen molar-refractivity contribution in [1.82, 2.24) is 5.43 Å². The van der Waals surface area contributed by atoms with Gasteiger partial charge in [0.1, 0.15) is 5.75 Å². The lowest BCUT2D eigenvalue weighted by Crippen LogP contribution is -2.17. The molecule has 0 saturated heterocycles. The highest BCUT2D eigenvalue weighted by Gasteiger charge is 2.09. The molecule has 0 spiro atoms. The lowest BCUT2D eigenvalue weighted by molar-refractivity contribution is -0.384. The fraction of sp³-hybridized carbons (Fsp3) is 0.300. The van der Waals surface area contributed by atoms with Gasteiger partial charge in [0.05, 0.1) is 17.7 Å². The van der Waals surface area contributed by atoms with Crippen molar-refractivity contribution in [2.75, 3.05) is 6.61 Å². The summed E-state index contributed by atoms with van der Waals surface area (Å²) in [7, 11) is 0. The topological polar surface area (TPSA) is 93.8 Å². The van der Waals surface area contributed by atoms with Gasteiger partial charge in [-0.15, -0.1) is 0 Å². The van der Waals surface area contributed by atoms with Gasteiger partial charge in [-0.1, -0.05) is 37.8 Å². The molecule has 1 N–H and O–H groups in total. The Kier molecular flexibility index (Phi) is 8.42. The second-order valence-corrected chi connectivity index (χ2v) is 6.50. The fourth-order valence-corrected chi connectivity index (χ4v) is 2.56. The van der Waals surface area contributed by atoms with Crippen LogP contribution in [0.25, 0.3) is 0 Å². The van der Waals surface area contributed by atoms with Crippen molar-refractivity contribution in [3.8, 4) is 5.75 Å². The molecule has 1 amide bonds. The number of unbranched alkanes of at least 4 members (excludes halogenated alkanes) is 3. The smallest absolute Gasteiger partial charge is 0.271 e. The predicted octanol–water partition coefficient (Wildman–Crippen LogP) is 4.97. The number of amides is 1. The zero-order chi connectivity index (χ0) is 20.4. The Morgan fingerprint density at radius 1 is 1.21 bits per heavy atom. The number of halogens is 1. The molecule has 0 fully saturated rings. The minimum absolute atomic E-state index is 0.109. The Hall–Kier alpha value is -2.93. The molecule has 2 rings (SSSR count). The molecule has 28 heavy (non-hydrogen) atoms. The summed E-state index contributed by atoms with van der Waals surface area (Å²) in [4.78, 5) is 22.4. The van der Waals surface area contributed by atoms with Crippen LogP contribution in [0.3, 0.4) is 0 Å². The summed E-state index contributed by atoms with van der Waals surface area (Å²) >= 11 is 5.98. The molecule has 0 atom stereocenters. The molecule has 0 aliphatic heterocycles. The van der Waals surface area contributed by atoms with Crippen LogP contribution in [0.2, 0.25) is 5.02 Å². The molecule has 0 heterocycles. The largest absolute Gasteiger partial charge is 0.494 e. The van der Waals surface area contributed by atoms with Gasteiger partial charge in [0.25, 0.3) is 11.6 Å². The van der Waals surface area contributed by atoms with E-state index in [1.807, 2.05) is 0 Å². The zero-order valence-electron chi connectivity index (χ0n) is 15.6. The van der Waals surface area contributed by atoms with Crippen LogP contribution in [-0.2, 0) is 0 Å².